The molecule has 2 amide bonds. The van der Waals surface area contributed by atoms with Crippen LogP contribution in [0.5, 0.6) is 0 Å². The van der Waals surface area contributed by atoms with Gasteiger partial charge in [0.2, 0.25) is 11.9 Å². The average molecular weight is 557 g/mol. The third kappa shape index (κ3) is 6.28. The van der Waals surface area contributed by atoms with E-state index in [0.29, 0.717) is 53.7 Å². The number of para-hydroxylation sites is 1. The lowest BCUT2D eigenvalue weighted by Gasteiger charge is -2.26. The van der Waals surface area contributed by atoms with E-state index < -0.39 is 5.92 Å². The van der Waals surface area contributed by atoms with Crippen molar-refractivity contribution in [3.05, 3.63) is 65.0 Å². The van der Waals surface area contributed by atoms with Gasteiger partial charge in [-0.15, -0.1) is 0 Å². The van der Waals surface area contributed by atoms with E-state index in [1.165, 1.54) is 6.08 Å². The van der Waals surface area contributed by atoms with E-state index in [4.69, 9.17) is 11.6 Å². The number of nitrogens with one attached hydrogen (secondary N) is 1. The minimum Gasteiger partial charge on any atom is -0.337 e. The molecule has 2 saturated heterocycles. The summed E-state index contributed by atoms with van der Waals surface area (Å²) < 4.78 is 28.9. The Bertz CT molecular complexity index is 1410. The molecule has 11 heteroatoms. The number of aryl methyl sites for hydroxylation is 1. The van der Waals surface area contributed by atoms with E-state index in [-0.39, 0.29) is 30.8 Å². The van der Waals surface area contributed by atoms with Gasteiger partial charge in [-0.25, -0.2) is 13.8 Å². The number of nitrogens with zero attached hydrogens (tertiary/aromatic N) is 5. The van der Waals surface area contributed by atoms with Crippen LogP contribution in [-0.4, -0.2) is 74.8 Å². The Morgan fingerprint density at radius 2 is 2.08 bits per heavy atom. The minimum absolute atomic E-state index is 0.149. The number of hydrogen-bond donors (Lipinski definition) is 1. The Morgan fingerprint density at radius 3 is 2.85 bits per heavy atom. The van der Waals surface area contributed by atoms with Crippen LogP contribution in [0.4, 0.5) is 14.7 Å². The summed E-state index contributed by atoms with van der Waals surface area (Å²) in [5.74, 6) is -2.78. The van der Waals surface area contributed by atoms with Crippen molar-refractivity contribution in [1.29, 1.82) is 0 Å². The number of carbonyl (C=O) groups excluding carboxylic acids is 2. The summed E-state index contributed by atoms with van der Waals surface area (Å²) in [6.45, 7) is 3.15. The summed E-state index contributed by atoms with van der Waals surface area (Å²) in [5, 5.41) is 3.45. The molecular weight excluding hydrogens is 526 g/mol. The van der Waals surface area contributed by atoms with Crippen LogP contribution in [0, 0.1) is 6.92 Å². The van der Waals surface area contributed by atoms with Gasteiger partial charge in [-0.2, -0.15) is 0 Å². The van der Waals surface area contributed by atoms with Crippen molar-refractivity contribution in [3.63, 3.8) is 0 Å². The van der Waals surface area contributed by atoms with Gasteiger partial charge in [0.25, 0.3) is 11.8 Å². The Labute approximate surface area is 230 Å². The molecule has 2 aromatic heterocycles. The second kappa shape index (κ2) is 11.4. The molecule has 4 heterocycles. The highest BCUT2D eigenvalue weighted by Gasteiger charge is 2.37. The van der Waals surface area contributed by atoms with Crippen LogP contribution in [0.1, 0.15) is 47.8 Å². The molecule has 206 valence electrons. The van der Waals surface area contributed by atoms with Crippen LogP contribution in [0.2, 0.25) is 5.02 Å². The molecule has 1 N–H and O–H groups in total. The third-order valence-electron chi connectivity index (χ3n) is 7.24. The van der Waals surface area contributed by atoms with E-state index in [1.54, 1.807) is 40.3 Å². The SMILES string of the molecule is Cc1cc(C(=O)Nc2nc3cccc(Cl)c3n2[C@@H]2CCCCN(C(=O)C=CCN3CCC(F)(F)C3)C2)ccn1. The van der Waals surface area contributed by atoms with Gasteiger partial charge in [-0.05, 0) is 50.5 Å². The smallest absolute Gasteiger partial charge is 0.261 e. The normalized spacial score (nSPS) is 20.0. The number of alkyl halides is 2. The first-order chi connectivity index (χ1) is 18.7. The topological polar surface area (TPSA) is 83.4 Å². The summed E-state index contributed by atoms with van der Waals surface area (Å²) in [4.78, 5) is 38.5. The van der Waals surface area contributed by atoms with E-state index in [2.05, 4.69) is 15.3 Å². The number of rotatable bonds is 6. The predicted molar refractivity (Wildman–Crippen MR) is 146 cm³/mol. The van der Waals surface area contributed by atoms with E-state index in [1.807, 2.05) is 23.6 Å². The molecule has 2 aliphatic rings. The van der Waals surface area contributed by atoms with E-state index >= 15 is 0 Å². The fourth-order valence-corrected chi connectivity index (χ4v) is 5.57. The van der Waals surface area contributed by atoms with Crippen molar-refractivity contribution in [1.82, 2.24) is 24.3 Å². The summed E-state index contributed by atoms with van der Waals surface area (Å²) in [6, 6.07) is 8.60. The highest BCUT2D eigenvalue weighted by molar-refractivity contribution is 6.35. The molecule has 0 bridgehead atoms. The van der Waals surface area contributed by atoms with Crippen LogP contribution in [0.25, 0.3) is 11.0 Å². The van der Waals surface area contributed by atoms with Gasteiger partial charge in [0.1, 0.15) is 0 Å². The lowest BCUT2D eigenvalue weighted by molar-refractivity contribution is -0.126. The minimum atomic E-state index is -2.66. The number of imidazole rings is 1. The van der Waals surface area contributed by atoms with Gasteiger partial charge >= 0.3 is 0 Å². The monoisotopic (exact) mass is 556 g/mol. The maximum atomic E-state index is 13.5. The van der Waals surface area contributed by atoms with Crippen molar-refractivity contribution in [3.8, 4) is 0 Å². The largest absolute Gasteiger partial charge is 0.337 e. The maximum Gasteiger partial charge on any atom is 0.261 e. The summed E-state index contributed by atoms with van der Waals surface area (Å²) in [7, 11) is 0. The van der Waals surface area contributed by atoms with Gasteiger partial charge in [0, 0.05) is 56.1 Å². The number of likely N-dealkylation sites (tertiary alicyclic amines) is 2. The van der Waals surface area contributed by atoms with Crippen molar-refractivity contribution < 1.29 is 18.4 Å². The van der Waals surface area contributed by atoms with Crippen LogP contribution < -0.4 is 5.32 Å². The van der Waals surface area contributed by atoms with E-state index in [9.17, 15) is 18.4 Å². The molecule has 0 radical (unpaired) electrons. The molecule has 0 unspecified atom stereocenters. The molecular formula is C28H31ClF2N6O2. The number of hydrogen-bond acceptors (Lipinski definition) is 5. The second-order valence-corrected chi connectivity index (χ2v) is 10.6. The van der Waals surface area contributed by atoms with Crippen molar-refractivity contribution >= 4 is 40.4 Å². The maximum absolute atomic E-state index is 13.5. The lowest BCUT2D eigenvalue weighted by Crippen LogP contribution is -2.35. The average Bonchev–Trinajstić information content (AvgIpc) is 3.33. The zero-order chi connectivity index (χ0) is 27.6. The lowest BCUT2D eigenvalue weighted by atomic mass is 10.1. The van der Waals surface area contributed by atoms with Gasteiger partial charge in [-0.3, -0.25) is 24.8 Å². The number of anilines is 1. The molecule has 8 nitrogen and oxygen atoms in total. The van der Waals surface area contributed by atoms with Crippen molar-refractivity contribution in [2.24, 2.45) is 0 Å². The zero-order valence-corrected chi connectivity index (χ0v) is 22.5. The van der Waals surface area contributed by atoms with Crippen molar-refractivity contribution in [2.45, 2.75) is 44.6 Å². The number of pyridine rings is 1. The van der Waals surface area contributed by atoms with Gasteiger partial charge in [0.05, 0.1) is 28.6 Å². The number of halogens is 3. The highest BCUT2D eigenvalue weighted by atomic mass is 35.5. The van der Waals surface area contributed by atoms with Crippen LogP contribution >= 0.6 is 11.6 Å². The quantitative estimate of drug-likeness (QED) is 0.427. The number of carbonyl (C=O) groups is 2. The molecule has 0 aliphatic carbocycles. The first-order valence-electron chi connectivity index (χ1n) is 13.2. The zero-order valence-electron chi connectivity index (χ0n) is 21.7. The molecule has 2 fully saturated rings. The Morgan fingerprint density at radius 1 is 1.23 bits per heavy atom. The summed E-state index contributed by atoms with van der Waals surface area (Å²) in [6.07, 6.45) is 7.05. The summed E-state index contributed by atoms with van der Waals surface area (Å²) in [5.41, 5.74) is 2.53. The second-order valence-electron chi connectivity index (χ2n) is 10.2. The fourth-order valence-electron chi connectivity index (χ4n) is 5.31. The Balaban J connectivity index is 1.38. The molecule has 2 aliphatic heterocycles. The standard InChI is InChI=1S/C28H31ClF2N6O2/c1-19-16-20(10-12-32-19)26(39)34-27-33-23-8-4-7-22(29)25(23)37(27)21-6-2-3-14-36(17-21)24(38)9-5-13-35-15-11-28(30,31)18-35/h4-5,7-10,12,16,21H,2-3,6,11,13-15,17-18H2,1H3,(H,33,34,39)/t21-/m1/s1. The first kappa shape index (κ1) is 27.2. The summed E-state index contributed by atoms with van der Waals surface area (Å²) >= 11 is 6.63. The van der Waals surface area contributed by atoms with Crippen LogP contribution in [0.15, 0.2) is 48.7 Å². The predicted octanol–water partition coefficient (Wildman–Crippen LogP) is 5.10. The Hall–Kier alpha value is -3.37. The van der Waals surface area contributed by atoms with Crippen LogP contribution in [0.3, 0.4) is 0 Å². The molecule has 1 aromatic carbocycles. The molecule has 3 aromatic rings. The molecule has 0 spiro atoms. The molecule has 39 heavy (non-hydrogen) atoms. The van der Waals surface area contributed by atoms with Crippen molar-refractivity contribution in [2.75, 3.05) is 38.0 Å². The molecule has 5 rings (SSSR count). The van der Waals surface area contributed by atoms with E-state index in [0.717, 1.165) is 25.0 Å². The van der Waals surface area contributed by atoms with Crippen LogP contribution in [-0.2, 0) is 4.79 Å². The number of aromatic nitrogens is 3. The third-order valence-corrected chi connectivity index (χ3v) is 7.55. The fraction of sp³-hybridized carbons (Fsp3) is 0.429. The molecule has 0 saturated carbocycles. The van der Waals surface area contributed by atoms with Gasteiger partial charge < -0.3 is 9.47 Å². The highest BCUT2D eigenvalue weighted by Crippen LogP contribution is 2.34. The first-order valence-corrected chi connectivity index (χ1v) is 13.5. The number of amides is 2. The number of benzene rings is 1. The van der Waals surface area contributed by atoms with Gasteiger partial charge in [0.15, 0.2) is 0 Å². The number of fused-ring (bicyclic) bond motifs is 1. The Kier molecular flexibility index (Phi) is 7.95. The van der Waals surface area contributed by atoms with Gasteiger partial charge in [-0.1, -0.05) is 23.7 Å². The molecule has 1 atom stereocenters.